The Hall–Kier alpha value is -3.39. The highest BCUT2D eigenvalue weighted by atomic mass is 19.1. The van der Waals surface area contributed by atoms with Crippen molar-refractivity contribution in [2.24, 2.45) is 0 Å². The monoisotopic (exact) mass is 523 g/mol. The lowest BCUT2D eigenvalue weighted by atomic mass is 10.1. The fourth-order valence-electron chi connectivity index (χ4n) is 4.88. The van der Waals surface area contributed by atoms with Crippen molar-refractivity contribution in [2.45, 2.75) is 72.0 Å². The van der Waals surface area contributed by atoms with E-state index in [0.29, 0.717) is 43.1 Å². The standard InChI is InChI=1S/C15H14FNO2.C15H24N2O2/c1-2-6-17-14-8-10(16)3-4-11(14)13-9-19-7-5-12(13)15(17)18;1-3-5-12(6-4-2)16-10-13-9-14-15(11-17-13)19-8-7-18-14/h3-5,8-9H,2,6-7H2,1H3;9,11-12,16H,3-8,10H2,1-2H3. The number of fused-ring (bicyclic) bond motifs is 4. The van der Waals surface area contributed by atoms with Gasteiger partial charge >= 0.3 is 0 Å². The number of hydrogen-bond acceptors (Lipinski definition) is 6. The molecule has 7 nitrogen and oxygen atoms in total. The van der Waals surface area contributed by atoms with Crippen LogP contribution in [0.1, 0.15) is 58.6 Å². The number of pyridine rings is 2. The Bertz CT molecular complexity index is 1410. The summed E-state index contributed by atoms with van der Waals surface area (Å²) in [4.78, 5) is 16.9. The van der Waals surface area contributed by atoms with Gasteiger partial charge in [0.2, 0.25) is 0 Å². The van der Waals surface area contributed by atoms with Crippen LogP contribution in [0.25, 0.3) is 23.2 Å². The molecule has 5 rings (SSSR count). The number of benzene rings is 1. The number of rotatable bonds is 9. The predicted octanol–water partition coefficient (Wildman–Crippen LogP) is 4.01. The second-order valence-electron chi connectivity index (χ2n) is 9.58. The molecule has 2 aliphatic heterocycles. The first-order valence-electron chi connectivity index (χ1n) is 13.7. The summed E-state index contributed by atoms with van der Waals surface area (Å²) in [6.07, 6.45) is 10.8. The molecule has 0 spiro atoms. The zero-order valence-corrected chi connectivity index (χ0v) is 22.6. The Kier molecular flexibility index (Phi) is 9.76. The van der Waals surface area contributed by atoms with Gasteiger partial charge in [0.15, 0.2) is 11.5 Å². The lowest BCUT2D eigenvalue weighted by molar-refractivity contribution is 0.170. The summed E-state index contributed by atoms with van der Waals surface area (Å²) >= 11 is 0. The van der Waals surface area contributed by atoms with Gasteiger partial charge in [0.25, 0.3) is 5.56 Å². The molecule has 204 valence electrons. The van der Waals surface area contributed by atoms with E-state index in [9.17, 15) is 9.18 Å². The van der Waals surface area contributed by atoms with Gasteiger partial charge in [-0.15, -0.1) is 0 Å². The molecule has 3 aromatic rings. The summed E-state index contributed by atoms with van der Waals surface area (Å²) in [5.41, 5.74) is 1.57. The molecule has 2 aromatic heterocycles. The van der Waals surface area contributed by atoms with E-state index in [2.05, 4.69) is 24.1 Å². The fourth-order valence-corrected chi connectivity index (χ4v) is 4.88. The van der Waals surface area contributed by atoms with Crippen molar-refractivity contribution in [1.82, 2.24) is 14.9 Å². The van der Waals surface area contributed by atoms with Gasteiger partial charge in [-0.2, -0.15) is 0 Å². The molecular weight excluding hydrogens is 485 g/mol. The minimum absolute atomic E-state index is 0.0745. The van der Waals surface area contributed by atoms with Gasteiger partial charge in [0.1, 0.15) is 25.6 Å². The molecule has 0 saturated heterocycles. The lowest BCUT2D eigenvalue weighted by Gasteiger charge is -2.20. The summed E-state index contributed by atoms with van der Waals surface area (Å²) in [7, 11) is 0. The van der Waals surface area contributed by atoms with Crippen LogP contribution < -0.4 is 30.8 Å². The average Bonchev–Trinajstić information content (AvgIpc) is 2.94. The number of aromatic nitrogens is 2. The normalized spacial score (nSPS) is 13.6. The molecule has 0 amide bonds. The number of ether oxygens (including phenoxy) is 3. The van der Waals surface area contributed by atoms with E-state index in [1.165, 1.54) is 37.8 Å². The van der Waals surface area contributed by atoms with E-state index in [4.69, 9.17) is 14.2 Å². The first kappa shape index (κ1) is 27.6. The van der Waals surface area contributed by atoms with Crippen LogP contribution >= 0.6 is 0 Å². The average molecular weight is 524 g/mol. The molecule has 0 radical (unpaired) electrons. The third-order valence-corrected chi connectivity index (χ3v) is 6.67. The molecule has 1 aromatic carbocycles. The van der Waals surface area contributed by atoms with Crippen molar-refractivity contribution in [2.75, 3.05) is 19.8 Å². The first-order chi connectivity index (χ1) is 18.5. The van der Waals surface area contributed by atoms with Crippen molar-refractivity contribution < 1.29 is 18.6 Å². The molecule has 0 aliphatic carbocycles. The first-order valence-corrected chi connectivity index (χ1v) is 13.7. The maximum atomic E-state index is 13.5. The van der Waals surface area contributed by atoms with Gasteiger partial charge in [0, 0.05) is 35.8 Å². The molecule has 0 atom stereocenters. The Labute approximate surface area is 222 Å². The lowest BCUT2D eigenvalue weighted by Crippen LogP contribution is -2.47. The van der Waals surface area contributed by atoms with Crippen molar-refractivity contribution in [1.29, 1.82) is 0 Å². The summed E-state index contributed by atoms with van der Waals surface area (Å²) < 4.78 is 31.4. The van der Waals surface area contributed by atoms with E-state index >= 15 is 0 Å². The van der Waals surface area contributed by atoms with Crippen LogP contribution in [0, 0.1) is 5.82 Å². The summed E-state index contributed by atoms with van der Waals surface area (Å²) in [6, 6.07) is 7.09. The molecule has 8 heteroatoms. The van der Waals surface area contributed by atoms with E-state index in [1.54, 1.807) is 29.2 Å². The summed E-state index contributed by atoms with van der Waals surface area (Å²) in [6.45, 7) is 9.47. The highest BCUT2D eigenvalue weighted by molar-refractivity contribution is 5.80. The largest absolute Gasteiger partial charge is 0.496 e. The van der Waals surface area contributed by atoms with Gasteiger partial charge in [-0.25, -0.2) is 4.39 Å². The highest BCUT2D eigenvalue weighted by Crippen LogP contribution is 2.29. The number of nitrogens with zero attached hydrogens (tertiary/aromatic N) is 2. The van der Waals surface area contributed by atoms with Gasteiger partial charge in [-0.1, -0.05) is 33.6 Å². The fraction of sp³-hybridized carbons (Fsp3) is 0.467. The Morgan fingerprint density at radius 3 is 2.53 bits per heavy atom. The molecule has 0 saturated carbocycles. The highest BCUT2D eigenvalue weighted by Gasteiger charge is 2.14. The molecule has 2 aliphatic rings. The Balaban J connectivity index is 0.000000177. The van der Waals surface area contributed by atoms with Gasteiger partial charge in [-0.05, 0) is 43.5 Å². The minimum atomic E-state index is -0.336. The molecular formula is C30H38FN3O4. The number of nitrogens with one attached hydrogen (secondary N) is 1. The predicted molar refractivity (Wildman–Crippen MR) is 148 cm³/mol. The molecule has 0 bridgehead atoms. The maximum Gasteiger partial charge on any atom is 0.258 e. The van der Waals surface area contributed by atoms with Crippen LogP contribution in [0.2, 0.25) is 0 Å². The van der Waals surface area contributed by atoms with Gasteiger partial charge in [-0.3, -0.25) is 9.78 Å². The Morgan fingerprint density at radius 2 is 1.79 bits per heavy atom. The van der Waals surface area contributed by atoms with Gasteiger partial charge in [0.05, 0.1) is 28.9 Å². The molecule has 4 heterocycles. The van der Waals surface area contributed by atoms with E-state index < -0.39 is 0 Å². The summed E-state index contributed by atoms with van der Waals surface area (Å²) in [5.74, 6) is 1.24. The van der Waals surface area contributed by atoms with Crippen molar-refractivity contribution in [3.63, 3.8) is 0 Å². The van der Waals surface area contributed by atoms with E-state index in [1.807, 2.05) is 13.0 Å². The molecule has 0 unspecified atom stereocenters. The number of aryl methyl sites for hydroxylation is 1. The molecule has 38 heavy (non-hydrogen) atoms. The molecule has 1 N–H and O–H groups in total. The smallest absolute Gasteiger partial charge is 0.258 e. The second kappa shape index (κ2) is 13.4. The van der Waals surface area contributed by atoms with Crippen LogP contribution in [-0.2, 0) is 17.8 Å². The third-order valence-electron chi connectivity index (χ3n) is 6.67. The van der Waals surface area contributed by atoms with Crippen LogP contribution in [-0.4, -0.2) is 35.4 Å². The van der Waals surface area contributed by atoms with E-state index in [0.717, 1.165) is 40.8 Å². The number of halogens is 1. The van der Waals surface area contributed by atoms with Crippen molar-refractivity contribution in [3.05, 3.63) is 62.8 Å². The Morgan fingerprint density at radius 1 is 1.03 bits per heavy atom. The molecule has 0 fully saturated rings. The van der Waals surface area contributed by atoms with E-state index in [-0.39, 0.29) is 11.4 Å². The zero-order chi connectivity index (χ0) is 26.9. The van der Waals surface area contributed by atoms with Gasteiger partial charge < -0.3 is 24.1 Å². The zero-order valence-electron chi connectivity index (χ0n) is 22.6. The van der Waals surface area contributed by atoms with Crippen LogP contribution in [0.5, 0.6) is 11.5 Å². The van der Waals surface area contributed by atoms with Crippen LogP contribution in [0.15, 0.2) is 35.3 Å². The second-order valence-corrected chi connectivity index (χ2v) is 9.58. The maximum absolute atomic E-state index is 13.5. The number of hydrogen-bond donors (Lipinski definition) is 1. The SMILES string of the molecule is CCCC(CCC)NCc1cc2c(cn1)OCCO2.CCCn1c(=O)c2c(c3ccc(F)cc31)=COCC=2. The van der Waals surface area contributed by atoms with Crippen LogP contribution in [0.4, 0.5) is 4.39 Å². The topological polar surface area (TPSA) is 74.6 Å². The van der Waals surface area contributed by atoms with Crippen molar-refractivity contribution in [3.8, 4) is 11.5 Å². The van der Waals surface area contributed by atoms with Crippen LogP contribution in [0.3, 0.4) is 0 Å². The quantitative estimate of drug-likeness (QED) is 0.457. The van der Waals surface area contributed by atoms with Crippen molar-refractivity contribution >= 4 is 23.2 Å². The minimum Gasteiger partial charge on any atom is -0.496 e. The third kappa shape index (κ3) is 6.54. The summed E-state index contributed by atoms with van der Waals surface area (Å²) in [5, 5.41) is 5.83.